The Morgan fingerprint density at radius 2 is 1.79 bits per heavy atom. The second-order valence-corrected chi connectivity index (χ2v) is 7.94. The second kappa shape index (κ2) is 9.28. The van der Waals surface area contributed by atoms with Crippen LogP contribution in [-0.4, -0.2) is 42.2 Å². The summed E-state index contributed by atoms with van der Waals surface area (Å²) in [6.45, 7) is 3.31. The Balaban J connectivity index is 1.66. The van der Waals surface area contributed by atoms with Crippen LogP contribution in [0.1, 0.15) is 43.2 Å². The van der Waals surface area contributed by atoms with E-state index in [0.717, 1.165) is 26.2 Å². The molecule has 1 aliphatic carbocycles. The predicted octanol–water partition coefficient (Wildman–Crippen LogP) is 3.00. The number of nitrogens with one attached hydrogen (secondary N) is 2. The van der Waals surface area contributed by atoms with Crippen molar-refractivity contribution in [2.75, 3.05) is 31.1 Å². The molecule has 0 unspecified atom stereocenters. The summed E-state index contributed by atoms with van der Waals surface area (Å²) >= 11 is 4.65. The van der Waals surface area contributed by atoms with Gasteiger partial charge in [-0.1, -0.05) is 25.3 Å². The van der Waals surface area contributed by atoms with Crippen LogP contribution in [0.15, 0.2) is 18.2 Å². The lowest BCUT2D eigenvalue weighted by atomic mass is 9.94. The highest BCUT2D eigenvalue weighted by molar-refractivity contribution is 7.80. The van der Waals surface area contributed by atoms with E-state index in [-0.39, 0.29) is 17.2 Å². The van der Waals surface area contributed by atoms with Crippen LogP contribution in [0.2, 0.25) is 0 Å². The summed E-state index contributed by atoms with van der Waals surface area (Å²) < 4.78 is 40.7. The highest BCUT2D eigenvalue weighted by Gasteiger charge is 2.34. The van der Waals surface area contributed by atoms with Crippen molar-refractivity contribution in [3.63, 3.8) is 0 Å². The molecule has 0 atom stereocenters. The van der Waals surface area contributed by atoms with E-state index in [2.05, 4.69) is 32.9 Å². The minimum absolute atomic E-state index is 0.0129. The van der Waals surface area contributed by atoms with Gasteiger partial charge < -0.3 is 10.6 Å². The average Bonchev–Trinajstić information content (AvgIpc) is 2.68. The molecule has 2 fully saturated rings. The number of thiocarbonyl (C=S) groups is 1. The summed E-state index contributed by atoms with van der Waals surface area (Å²) in [5.41, 5.74) is 10.5. The number of hydrogen-bond donors (Lipinski definition) is 3. The maximum Gasteiger partial charge on any atom is 0.416 e. The predicted molar refractivity (Wildman–Crippen MR) is 109 cm³/mol. The Bertz CT molecular complexity index is 668. The van der Waals surface area contributed by atoms with Crippen molar-refractivity contribution in [2.45, 2.75) is 50.9 Å². The van der Waals surface area contributed by atoms with E-state index < -0.39 is 11.7 Å². The zero-order chi connectivity index (χ0) is 20.1. The van der Waals surface area contributed by atoms with Crippen molar-refractivity contribution >= 4 is 23.0 Å². The Kier molecular flexibility index (Phi) is 7.00. The minimum Gasteiger partial charge on any atom is -0.375 e. The first kappa shape index (κ1) is 21.1. The summed E-state index contributed by atoms with van der Waals surface area (Å²) in [5.74, 6) is 0. The molecule has 0 amide bonds. The second-order valence-electron chi connectivity index (χ2n) is 7.50. The fourth-order valence-electron chi connectivity index (χ4n) is 4.20. The van der Waals surface area contributed by atoms with Gasteiger partial charge in [-0.15, -0.1) is 0 Å². The summed E-state index contributed by atoms with van der Waals surface area (Å²) in [6, 6.07) is 5.20. The van der Waals surface area contributed by atoms with Crippen molar-refractivity contribution in [3.05, 3.63) is 29.3 Å². The van der Waals surface area contributed by atoms with Crippen molar-refractivity contribution in [2.24, 2.45) is 5.73 Å². The first-order valence-corrected chi connectivity index (χ1v) is 10.2. The zero-order valence-corrected chi connectivity index (χ0v) is 16.7. The highest BCUT2D eigenvalue weighted by atomic mass is 32.1. The fourth-order valence-corrected chi connectivity index (χ4v) is 4.27. The van der Waals surface area contributed by atoms with Gasteiger partial charge in [-0.25, -0.2) is 5.43 Å². The van der Waals surface area contributed by atoms with E-state index in [1.807, 2.05) is 0 Å². The molecule has 1 aliphatic heterocycles. The van der Waals surface area contributed by atoms with Crippen LogP contribution in [-0.2, 0) is 12.7 Å². The summed E-state index contributed by atoms with van der Waals surface area (Å²) in [4.78, 5) is 4.57. The third-order valence-corrected chi connectivity index (χ3v) is 5.76. The van der Waals surface area contributed by atoms with Crippen LogP contribution in [0, 0.1) is 0 Å². The van der Waals surface area contributed by atoms with E-state index in [9.17, 15) is 13.2 Å². The van der Waals surface area contributed by atoms with Gasteiger partial charge in [0, 0.05) is 44.5 Å². The smallest absolute Gasteiger partial charge is 0.375 e. The van der Waals surface area contributed by atoms with Gasteiger partial charge in [0.2, 0.25) is 0 Å². The average molecular weight is 416 g/mol. The normalized spacial score (nSPS) is 19.6. The lowest BCUT2D eigenvalue weighted by Crippen LogP contribution is -2.50. The lowest BCUT2D eigenvalue weighted by molar-refractivity contribution is -0.138. The molecule has 1 heterocycles. The molecule has 2 aliphatic rings. The number of alkyl halides is 3. The number of nitrogens with two attached hydrogens (primary N) is 1. The number of nitrogens with zero attached hydrogens (tertiary/aromatic N) is 2. The van der Waals surface area contributed by atoms with Crippen LogP contribution >= 0.6 is 12.2 Å². The van der Waals surface area contributed by atoms with Gasteiger partial charge in [-0.3, -0.25) is 10.3 Å². The van der Waals surface area contributed by atoms with Gasteiger partial charge in [-0.2, -0.15) is 13.2 Å². The van der Waals surface area contributed by atoms with Crippen LogP contribution in [0.4, 0.5) is 18.9 Å². The standard InChI is InChI=1S/C19H28F3N5S/c20-19(21,22)17-12-16(7-6-14(17)13-24-25-18(23)28)27-10-8-26(9-11-27)15-4-2-1-3-5-15/h6-7,12,15,24H,1-5,8-11,13H2,(H3,23,25,28). The zero-order valence-electron chi connectivity index (χ0n) is 15.9. The minimum atomic E-state index is -4.42. The van der Waals surface area contributed by atoms with Crippen molar-refractivity contribution in [1.82, 2.24) is 15.8 Å². The van der Waals surface area contributed by atoms with Crippen molar-refractivity contribution in [3.8, 4) is 0 Å². The van der Waals surface area contributed by atoms with Crippen molar-refractivity contribution < 1.29 is 13.2 Å². The monoisotopic (exact) mass is 415 g/mol. The molecule has 9 heteroatoms. The molecule has 0 aromatic heterocycles. The molecule has 0 radical (unpaired) electrons. The van der Waals surface area contributed by atoms with Gasteiger partial charge >= 0.3 is 6.18 Å². The number of hydrogen-bond acceptors (Lipinski definition) is 4. The fraction of sp³-hybridized carbons (Fsp3) is 0.632. The molecular weight excluding hydrogens is 387 g/mol. The maximum atomic E-state index is 13.6. The van der Waals surface area contributed by atoms with Crippen LogP contribution in [0.5, 0.6) is 0 Å². The number of hydrazine groups is 1. The molecular formula is C19H28F3N5S. The van der Waals surface area contributed by atoms with Crippen molar-refractivity contribution in [1.29, 1.82) is 0 Å². The summed E-state index contributed by atoms with van der Waals surface area (Å²) in [6.07, 6.45) is 1.99. The van der Waals surface area contributed by atoms with E-state index >= 15 is 0 Å². The topological polar surface area (TPSA) is 56.6 Å². The molecule has 3 rings (SSSR count). The molecule has 4 N–H and O–H groups in total. The van der Waals surface area contributed by atoms with E-state index in [1.165, 1.54) is 44.2 Å². The molecule has 1 aromatic carbocycles. The van der Waals surface area contributed by atoms with Gasteiger partial charge in [0.1, 0.15) is 0 Å². The SMILES string of the molecule is NC(=S)NNCc1ccc(N2CCN(C3CCCCC3)CC2)cc1C(F)(F)F. The molecule has 28 heavy (non-hydrogen) atoms. The van der Waals surface area contributed by atoms with E-state index in [1.54, 1.807) is 6.07 Å². The van der Waals surface area contributed by atoms with E-state index in [0.29, 0.717) is 11.7 Å². The van der Waals surface area contributed by atoms with Crippen LogP contribution < -0.4 is 21.5 Å². The number of benzene rings is 1. The Morgan fingerprint density at radius 3 is 2.39 bits per heavy atom. The Morgan fingerprint density at radius 1 is 1.11 bits per heavy atom. The van der Waals surface area contributed by atoms with E-state index in [4.69, 9.17) is 5.73 Å². The van der Waals surface area contributed by atoms with Gasteiger partial charge in [0.15, 0.2) is 5.11 Å². The first-order chi connectivity index (χ1) is 13.3. The molecule has 5 nitrogen and oxygen atoms in total. The highest BCUT2D eigenvalue weighted by Crippen LogP contribution is 2.35. The first-order valence-electron chi connectivity index (χ1n) is 9.82. The number of anilines is 1. The van der Waals surface area contributed by atoms with Gasteiger partial charge in [0.05, 0.1) is 5.56 Å². The number of rotatable bonds is 5. The van der Waals surface area contributed by atoms with Gasteiger partial charge in [0.25, 0.3) is 0 Å². The Hall–Kier alpha value is -1.58. The van der Waals surface area contributed by atoms with Crippen LogP contribution in [0.3, 0.4) is 0 Å². The third-order valence-electron chi connectivity index (χ3n) is 5.66. The number of piperazine rings is 1. The Labute approximate surface area is 169 Å². The molecule has 1 saturated carbocycles. The molecule has 1 saturated heterocycles. The van der Waals surface area contributed by atoms with Gasteiger partial charge in [-0.05, 0) is 42.8 Å². The summed E-state index contributed by atoms with van der Waals surface area (Å²) in [5, 5.41) is -0.0129. The molecule has 1 aromatic rings. The largest absolute Gasteiger partial charge is 0.416 e. The maximum absolute atomic E-state index is 13.6. The third kappa shape index (κ3) is 5.48. The van der Waals surface area contributed by atoms with Crippen LogP contribution in [0.25, 0.3) is 0 Å². The lowest BCUT2D eigenvalue weighted by Gasteiger charge is -2.41. The summed E-state index contributed by atoms with van der Waals surface area (Å²) in [7, 11) is 0. The quantitative estimate of drug-likeness (QED) is 0.508. The molecule has 0 spiro atoms. The molecule has 0 bridgehead atoms. The molecule has 156 valence electrons. The number of halogens is 3.